The van der Waals surface area contributed by atoms with Crippen LogP contribution < -0.4 is 9.62 Å². The van der Waals surface area contributed by atoms with Gasteiger partial charge in [0.15, 0.2) is 0 Å². The summed E-state index contributed by atoms with van der Waals surface area (Å²) >= 11 is 3.39. The van der Waals surface area contributed by atoms with E-state index in [1.165, 1.54) is 29.2 Å². The van der Waals surface area contributed by atoms with Crippen LogP contribution in [-0.4, -0.2) is 44.3 Å². The molecule has 0 aliphatic rings. The molecule has 0 aromatic heterocycles. The van der Waals surface area contributed by atoms with Crippen LogP contribution in [0, 0.1) is 5.82 Å². The van der Waals surface area contributed by atoms with Crippen molar-refractivity contribution in [1.29, 1.82) is 0 Å². The molecule has 0 heterocycles. The highest BCUT2D eigenvalue weighted by atomic mass is 79.9. The third-order valence-corrected chi connectivity index (χ3v) is 8.91. The van der Waals surface area contributed by atoms with Crippen molar-refractivity contribution in [3.8, 4) is 0 Å². The SMILES string of the molecule is CCNC(=O)[C@@H](Cc1ccccc1)N(Cc1ccccc1F)C(=O)CN(c1cccc(Br)c1)S(=O)(=O)c1ccccc1. The van der Waals surface area contributed by atoms with Crippen molar-refractivity contribution < 1.29 is 22.4 Å². The van der Waals surface area contributed by atoms with Gasteiger partial charge in [0.1, 0.15) is 18.4 Å². The predicted octanol–water partition coefficient (Wildman–Crippen LogP) is 5.56. The van der Waals surface area contributed by atoms with Crippen LogP contribution in [0.2, 0.25) is 0 Å². The molecular weight excluding hydrogens is 621 g/mol. The van der Waals surface area contributed by atoms with Crippen molar-refractivity contribution in [2.24, 2.45) is 0 Å². The van der Waals surface area contributed by atoms with Crippen LogP contribution in [0.5, 0.6) is 0 Å². The summed E-state index contributed by atoms with van der Waals surface area (Å²) in [5.74, 6) is -1.62. The fourth-order valence-electron chi connectivity index (χ4n) is 4.54. The minimum absolute atomic E-state index is 0.00277. The van der Waals surface area contributed by atoms with Gasteiger partial charge in [-0.15, -0.1) is 0 Å². The Balaban J connectivity index is 1.80. The van der Waals surface area contributed by atoms with E-state index < -0.39 is 40.2 Å². The van der Waals surface area contributed by atoms with Crippen LogP contribution in [0.25, 0.3) is 0 Å². The number of likely N-dealkylation sites (N-methyl/N-ethyl adjacent to an activating group) is 1. The molecule has 4 aromatic rings. The Hall–Kier alpha value is -4.02. The normalized spacial score (nSPS) is 11.9. The number of anilines is 1. The Morgan fingerprint density at radius 3 is 2.17 bits per heavy atom. The van der Waals surface area contributed by atoms with Crippen molar-refractivity contribution in [2.75, 3.05) is 17.4 Å². The molecule has 0 fully saturated rings. The average Bonchev–Trinajstić information content (AvgIpc) is 2.99. The van der Waals surface area contributed by atoms with E-state index in [2.05, 4.69) is 21.2 Å². The number of hydrogen-bond acceptors (Lipinski definition) is 4. The summed E-state index contributed by atoms with van der Waals surface area (Å²) in [6.45, 7) is 1.23. The maximum atomic E-state index is 14.9. The van der Waals surface area contributed by atoms with E-state index in [1.54, 1.807) is 61.5 Å². The Labute approximate surface area is 254 Å². The molecule has 42 heavy (non-hydrogen) atoms. The second-order valence-electron chi connectivity index (χ2n) is 9.52. The van der Waals surface area contributed by atoms with E-state index in [0.29, 0.717) is 11.0 Å². The Bertz CT molecular complexity index is 1620. The van der Waals surface area contributed by atoms with Crippen molar-refractivity contribution in [1.82, 2.24) is 10.2 Å². The first-order valence-electron chi connectivity index (χ1n) is 13.4. The van der Waals surface area contributed by atoms with Crippen LogP contribution in [0.1, 0.15) is 18.1 Å². The third kappa shape index (κ3) is 7.63. The molecule has 218 valence electrons. The summed E-state index contributed by atoms with van der Waals surface area (Å²) in [5.41, 5.74) is 1.25. The summed E-state index contributed by atoms with van der Waals surface area (Å²) in [4.78, 5) is 29.0. The van der Waals surface area contributed by atoms with Gasteiger partial charge in [-0.1, -0.05) is 88.7 Å². The summed E-state index contributed by atoms with van der Waals surface area (Å²) in [5, 5.41) is 2.79. The molecule has 0 saturated carbocycles. The number of carbonyl (C=O) groups is 2. The van der Waals surface area contributed by atoms with E-state index in [1.807, 2.05) is 30.3 Å². The minimum atomic E-state index is -4.21. The molecule has 1 atom stereocenters. The largest absolute Gasteiger partial charge is 0.355 e. The Kier molecular flexibility index (Phi) is 10.5. The number of rotatable bonds is 12. The molecule has 0 aliphatic carbocycles. The number of hydrogen-bond donors (Lipinski definition) is 1. The van der Waals surface area contributed by atoms with Crippen molar-refractivity contribution in [2.45, 2.75) is 30.8 Å². The maximum absolute atomic E-state index is 14.9. The van der Waals surface area contributed by atoms with Gasteiger partial charge in [0.05, 0.1) is 10.6 Å². The molecule has 0 spiro atoms. The summed E-state index contributed by atoms with van der Waals surface area (Å²) in [6, 6.07) is 28.6. The maximum Gasteiger partial charge on any atom is 0.264 e. The lowest BCUT2D eigenvalue weighted by atomic mass is 10.0. The van der Waals surface area contributed by atoms with Gasteiger partial charge in [-0.2, -0.15) is 0 Å². The topological polar surface area (TPSA) is 86.8 Å². The van der Waals surface area contributed by atoms with E-state index in [0.717, 1.165) is 9.87 Å². The number of sulfonamides is 1. The fourth-order valence-corrected chi connectivity index (χ4v) is 6.35. The lowest BCUT2D eigenvalue weighted by Crippen LogP contribution is -2.53. The predicted molar refractivity (Wildman–Crippen MR) is 165 cm³/mol. The van der Waals surface area contributed by atoms with Crippen molar-refractivity contribution >= 4 is 43.5 Å². The fraction of sp³-hybridized carbons (Fsp3) is 0.188. The third-order valence-electron chi connectivity index (χ3n) is 6.63. The molecule has 0 unspecified atom stereocenters. The van der Waals surface area contributed by atoms with E-state index in [9.17, 15) is 22.4 Å². The van der Waals surface area contributed by atoms with Gasteiger partial charge in [0, 0.05) is 29.5 Å². The zero-order valence-corrected chi connectivity index (χ0v) is 25.4. The summed E-state index contributed by atoms with van der Waals surface area (Å²) < 4.78 is 44.3. The summed E-state index contributed by atoms with van der Waals surface area (Å²) in [7, 11) is -4.21. The Morgan fingerprint density at radius 2 is 1.52 bits per heavy atom. The zero-order valence-electron chi connectivity index (χ0n) is 23.0. The minimum Gasteiger partial charge on any atom is -0.355 e. The first kappa shape index (κ1) is 30.9. The van der Waals surface area contributed by atoms with Gasteiger partial charge >= 0.3 is 0 Å². The Morgan fingerprint density at radius 1 is 0.881 bits per heavy atom. The molecule has 4 rings (SSSR count). The molecule has 7 nitrogen and oxygen atoms in total. The highest BCUT2D eigenvalue weighted by molar-refractivity contribution is 9.10. The summed E-state index contributed by atoms with van der Waals surface area (Å²) in [6.07, 6.45) is 0.148. The smallest absolute Gasteiger partial charge is 0.264 e. The van der Waals surface area contributed by atoms with E-state index in [4.69, 9.17) is 0 Å². The number of carbonyl (C=O) groups excluding carboxylic acids is 2. The van der Waals surface area contributed by atoms with Crippen LogP contribution in [0.15, 0.2) is 119 Å². The number of benzene rings is 4. The molecule has 1 N–H and O–H groups in total. The quantitative estimate of drug-likeness (QED) is 0.217. The lowest BCUT2D eigenvalue weighted by molar-refractivity contribution is -0.140. The second kappa shape index (κ2) is 14.2. The van der Waals surface area contributed by atoms with Crippen LogP contribution >= 0.6 is 15.9 Å². The second-order valence-corrected chi connectivity index (χ2v) is 12.3. The molecule has 10 heteroatoms. The molecule has 2 amide bonds. The van der Waals surface area contributed by atoms with Gasteiger partial charge < -0.3 is 10.2 Å². The van der Waals surface area contributed by atoms with Gasteiger partial charge in [0.25, 0.3) is 10.0 Å². The highest BCUT2D eigenvalue weighted by Crippen LogP contribution is 2.27. The first-order valence-corrected chi connectivity index (χ1v) is 15.6. The number of nitrogens with zero attached hydrogens (tertiary/aromatic N) is 2. The van der Waals surface area contributed by atoms with Crippen LogP contribution in [0.3, 0.4) is 0 Å². The monoisotopic (exact) mass is 651 g/mol. The van der Waals surface area contributed by atoms with Crippen LogP contribution in [0.4, 0.5) is 10.1 Å². The van der Waals surface area contributed by atoms with Gasteiger partial charge in [-0.25, -0.2) is 12.8 Å². The zero-order chi connectivity index (χ0) is 30.1. The van der Waals surface area contributed by atoms with Crippen molar-refractivity contribution in [3.05, 3.63) is 131 Å². The number of halogens is 2. The lowest BCUT2D eigenvalue weighted by Gasteiger charge is -2.34. The standard InChI is InChI=1S/C32H31BrFN3O4S/c1-2-35-32(39)30(20-24-12-5-3-6-13-24)36(22-25-14-9-10-19-29(25)34)31(38)23-37(27-16-11-15-26(33)21-27)42(40,41)28-17-7-4-8-18-28/h3-19,21,30H,2,20,22-23H2,1H3,(H,35,39)/t30-/m1/s1. The van der Waals surface area contributed by atoms with Crippen molar-refractivity contribution in [3.63, 3.8) is 0 Å². The van der Waals surface area contributed by atoms with E-state index in [-0.39, 0.29) is 29.1 Å². The molecule has 4 aromatic carbocycles. The molecule has 0 bridgehead atoms. The average molecular weight is 653 g/mol. The molecule has 0 saturated heterocycles. The molecule has 0 radical (unpaired) electrons. The molecular formula is C32H31BrFN3O4S. The van der Waals surface area contributed by atoms with Gasteiger partial charge in [0.2, 0.25) is 11.8 Å². The van der Waals surface area contributed by atoms with Crippen LogP contribution in [-0.2, 0) is 32.6 Å². The first-order chi connectivity index (χ1) is 20.2. The van der Waals surface area contributed by atoms with E-state index >= 15 is 0 Å². The number of nitrogens with one attached hydrogen (secondary N) is 1. The highest BCUT2D eigenvalue weighted by Gasteiger charge is 2.34. The van der Waals surface area contributed by atoms with Gasteiger partial charge in [-0.3, -0.25) is 13.9 Å². The van der Waals surface area contributed by atoms with Gasteiger partial charge in [-0.05, 0) is 48.9 Å². The number of amides is 2. The molecule has 0 aliphatic heterocycles.